The second kappa shape index (κ2) is 8.67. The number of piperidine rings is 1. The van der Waals surface area contributed by atoms with E-state index in [-0.39, 0.29) is 11.5 Å². The van der Waals surface area contributed by atoms with Crippen molar-refractivity contribution >= 4 is 5.91 Å². The molecule has 2 fully saturated rings. The number of nitrogens with one attached hydrogen (secondary N) is 1. The first kappa shape index (κ1) is 18.8. The molecule has 1 N–H and O–H groups in total. The van der Waals surface area contributed by atoms with Crippen LogP contribution in [-0.4, -0.2) is 38.8 Å². The van der Waals surface area contributed by atoms with Crippen molar-refractivity contribution in [1.29, 1.82) is 0 Å². The second-order valence-electron chi connectivity index (χ2n) is 8.12. The van der Waals surface area contributed by atoms with Crippen molar-refractivity contribution in [2.45, 2.75) is 57.3 Å². The third-order valence-corrected chi connectivity index (χ3v) is 6.14. The average molecular weight is 380 g/mol. The van der Waals surface area contributed by atoms with E-state index in [0.717, 1.165) is 37.3 Å². The first-order chi connectivity index (χ1) is 13.7. The molecule has 1 aliphatic heterocycles. The molecule has 6 heteroatoms. The summed E-state index contributed by atoms with van der Waals surface area (Å²) in [5, 5.41) is 0. The molecule has 2 aliphatic rings. The Morgan fingerprint density at radius 2 is 1.93 bits per heavy atom. The molecule has 2 aromatic rings. The summed E-state index contributed by atoms with van der Waals surface area (Å²) in [4.78, 5) is 38.5. The van der Waals surface area contributed by atoms with E-state index in [9.17, 15) is 9.59 Å². The number of nitrogens with zero attached hydrogens (tertiary/aromatic N) is 3. The van der Waals surface area contributed by atoms with E-state index in [4.69, 9.17) is 4.98 Å². The van der Waals surface area contributed by atoms with Crippen LogP contribution in [0, 0.1) is 5.92 Å². The molecule has 0 bridgehead atoms. The summed E-state index contributed by atoms with van der Waals surface area (Å²) in [7, 11) is 0. The minimum absolute atomic E-state index is 0.139. The highest BCUT2D eigenvalue weighted by atomic mass is 16.2. The molecule has 1 aliphatic carbocycles. The third-order valence-electron chi connectivity index (χ3n) is 6.14. The summed E-state index contributed by atoms with van der Waals surface area (Å²) in [6, 6.07) is 5.27. The number of H-pyrrole nitrogens is 1. The van der Waals surface area contributed by atoms with Crippen LogP contribution in [0.1, 0.15) is 63.1 Å². The number of aromatic nitrogens is 3. The van der Waals surface area contributed by atoms with Crippen LogP contribution in [0.3, 0.4) is 0 Å². The zero-order chi connectivity index (χ0) is 19.3. The lowest BCUT2D eigenvalue weighted by Crippen LogP contribution is -2.39. The Morgan fingerprint density at radius 1 is 1.14 bits per heavy atom. The number of hydrogen-bond donors (Lipinski definition) is 1. The van der Waals surface area contributed by atoms with Gasteiger partial charge in [0.1, 0.15) is 5.82 Å². The van der Waals surface area contributed by atoms with Crippen LogP contribution in [0.2, 0.25) is 0 Å². The monoisotopic (exact) mass is 380 g/mol. The Morgan fingerprint density at radius 3 is 2.64 bits per heavy atom. The minimum atomic E-state index is -0.139. The molecule has 2 aromatic heterocycles. The van der Waals surface area contributed by atoms with Crippen LogP contribution in [0.5, 0.6) is 0 Å². The molecule has 3 heterocycles. The van der Waals surface area contributed by atoms with Gasteiger partial charge in [-0.3, -0.25) is 14.6 Å². The SMILES string of the molecule is O=C(CC1CCCCC1)N1CCC(c2nc(-c3cccnc3)cc(=O)[nH]2)CC1. The molecule has 28 heavy (non-hydrogen) atoms. The molecule has 1 saturated heterocycles. The highest BCUT2D eigenvalue weighted by Gasteiger charge is 2.27. The number of aromatic amines is 1. The Balaban J connectivity index is 1.39. The molecule has 0 spiro atoms. The van der Waals surface area contributed by atoms with Gasteiger partial charge >= 0.3 is 0 Å². The van der Waals surface area contributed by atoms with Crippen molar-refractivity contribution in [3.05, 3.63) is 46.8 Å². The Labute approximate surface area is 165 Å². The van der Waals surface area contributed by atoms with E-state index in [2.05, 4.69) is 9.97 Å². The van der Waals surface area contributed by atoms with Crippen molar-refractivity contribution in [1.82, 2.24) is 19.9 Å². The molecule has 1 amide bonds. The van der Waals surface area contributed by atoms with Gasteiger partial charge in [0, 0.05) is 49.5 Å². The van der Waals surface area contributed by atoms with Crippen molar-refractivity contribution in [3.8, 4) is 11.3 Å². The van der Waals surface area contributed by atoms with Crippen LogP contribution in [0.4, 0.5) is 0 Å². The maximum Gasteiger partial charge on any atom is 0.251 e. The van der Waals surface area contributed by atoms with Crippen molar-refractivity contribution in [3.63, 3.8) is 0 Å². The van der Waals surface area contributed by atoms with Gasteiger partial charge in [-0.25, -0.2) is 4.98 Å². The third kappa shape index (κ3) is 4.49. The van der Waals surface area contributed by atoms with Gasteiger partial charge in [0.2, 0.25) is 5.91 Å². The predicted molar refractivity (Wildman–Crippen MR) is 108 cm³/mol. The lowest BCUT2D eigenvalue weighted by atomic mass is 9.86. The summed E-state index contributed by atoms with van der Waals surface area (Å²) in [6.07, 6.45) is 12.1. The van der Waals surface area contributed by atoms with E-state index in [0.29, 0.717) is 23.9 Å². The van der Waals surface area contributed by atoms with E-state index in [1.54, 1.807) is 12.4 Å². The topological polar surface area (TPSA) is 79.0 Å². The Bertz CT molecular complexity index is 850. The summed E-state index contributed by atoms with van der Waals surface area (Å²) < 4.78 is 0. The minimum Gasteiger partial charge on any atom is -0.343 e. The van der Waals surface area contributed by atoms with Gasteiger partial charge in [0.15, 0.2) is 0 Å². The van der Waals surface area contributed by atoms with Gasteiger partial charge in [0.05, 0.1) is 5.69 Å². The molecular weight excluding hydrogens is 352 g/mol. The first-order valence-corrected chi connectivity index (χ1v) is 10.5. The lowest BCUT2D eigenvalue weighted by molar-refractivity contribution is -0.133. The number of amides is 1. The maximum absolute atomic E-state index is 12.6. The molecular formula is C22H28N4O2. The fraction of sp³-hybridized carbons (Fsp3) is 0.545. The Hall–Kier alpha value is -2.50. The molecule has 6 nitrogen and oxygen atoms in total. The van der Waals surface area contributed by atoms with Gasteiger partial charge in [-0.15, -0.1) is 0 Å². The normalized spacial score (nSPS) is 18.9. The van der Waals surface area contributed by atoms with Crippen molar-refractivity contribution in [2.24, 2.45) is 5.92 Å². The molecule has 0 unspecified atom stereocenters. The average Bonchev–Trinajstić information content (AvgIpc) is 2.75. The lowest BCUT2D eigenvalue weighted by Gasteiger charge is -2.33. The van der Waals surface area contributed by atoms with Crippen LogP contribution < -0.4 is 5.56 Å². The van der Waals surface area contributed by atoms with Crippen LogP contribution in [0.25, 0.3) is 11.3 Å². The quantitative estimate of drug-likeness (QED) is 0.880. The standard InChI is InChI=1S/C22H28N4O2/c27-20-14-19(18-7-4-10-23-15-18)24-22(25-20)17-8-11-26(12-9-17)21(28)13-16-5-2-1-3-6-16/h4,7,10,14-17H,1-3,5-6,8-9,11-13H2,(H,24,25,27). The van der Waals surface area contributed by atoms with E-state index in [1.165, 1.54) is 38.2 Å². The van der Waals surface area contributed by atoms with Crippen LogP contribution in [-0.2, 0) is 4.79 Å². The van der Waals surface area contributed by atoms with Gasteiger partial charge in [0.25, 0.3) is 5.56 Å². The van der Waals surface area contributed by atoms with Gasteiger partial charge < -0.3 is 9.88 Å². The zero-order valence-corrected chi connectivity index (χ0v) is 16.3. The summed E-state index contributed by atoms with van der Waals surface area (Å²) in [5.41, 5.74) is 1.36. The largest absolute Gasteiger partial charge is 0.343 e. The zero-order valence-electron chi connectivity index (χ0n) is 16.3. The predicted octanol–water partition coefficient (Wildman–Crippen LogP) is 3.51. The second-order valence-corrected chi connectivity index (χ2v) is 8.12. The number of hydrogen-bond acceptors (Lipinski definition) is 4. The fourth-order valence-electron chi connectivity index (χ4n) is 4.50. The molecule has 148 valence electrons. The number of carbonyl (C=O) groups excluding carboxylic acids is 1. The summed E-state index contributed by atoms with van der Waals surface area (Å²) in [6.45, 7) is 1.49. The van der Waals surface area contributed by atoms with Gasteiger partial charge in [-0.2, -0.15) is 0 Å². The number of carbonyl (C=O) groups is 1. The molecule has 1 saturated carbocycles. The van der Waals surface area contributed by atoms with Crippen molar-refractivity contribution in [2.75, 3.05) is 13.1 Å². The molecule has 0 atom stereocenters. The maximum atomic E-state index is 12.6. The van der Waals surface area contributed by atoms with Gasteiger partial charge in [-0.1, -0.05) is 19.3 Å². The van der Waals surface area contributed by atoms with Crippen LogP contribution in [0.15, 0.2) is 35.4 Å². The Kier molecular flexibility index (Phi) is 5.84. The van der Waals surface area contributed by atoms with E-state index in [1.807, 2.05) is 17.0 Å². The summed E-state index contributed by atoms with van der Waals surface area (Å²) >= 11 is 0. The molecule has 0 radical (unpaired) electrons. The fourth-order valence-corrected chi connectivity index (χ4v) is 4.50. The van der Waals surface area contributed by atoms with Gasteiger partial charge in [-0.05, 0) is 43.7 Å². The smallest absolute Gasteiger partial charge is 0.251 e. The summed E-state index contributed by atoms with van der Waals surface area (Å²) in [5.74, 6) is 1.79. The van der Waals surface area contributed by atoms with Crippen LogP contribution >= 0.6 is 0 Å². The number of likely N-dealkylation sites (tertiary alicyclic amines) is 1. The van der Waals surface area contributed by atoms with Crippen molar-refractivity contribution < 1.29 is 4.79 Å². The molecule has 4 rings (SSSR count). The highest BCUT2D eigenvalue weighted by molar-refractivity contribution is 5.76. The number of pyridine rings is 1. The van der Waals surface area contributed by atoms with E-state index >= 15 is 0 Å². The number of rotatable bonds is 4. The first-order valence-electron chi connectivity index (χ1n) is 10.5. The van der Waals surface area contributed by atoms with E-state index < -0.39 is 0 Å². The molecule has 0 aromatic carbocycles. The highest BCUT2D eigenvalue weighted by Crippen LogP contribution is 2.30.